The predicted molar refractivity (Wildman–Crippen MR) is 57.9 cm³/mol. The van der Waals surface area contributed by atoms with Crippen LogP contribution in [0.2, 0.25) is 0 Å². The van der Waals surface area contributed by atoms with E-state index in [1.165, 1.54) is 18.0 Å². The number of hydrogen-bond donors (Lipinski definition) is 2. The number of amides is 1. The summed E-state index contributed by atoms with van der Waals surface area (Å²) in [7, 11) is 1.45. The van der Waals surface area contributed by atoms with Gasteiger partial charge in [-0.3, -0.25) is 4.79 Å². The number of carbonyl (C=O) groups is 1. The van der Waals surface area contributed by atoms with Gasteiger partial charge >= 0.3 is 0 Å². The average Bonchev–Trinajstić information content (AvgIpc) is 2.31. The molecule has 3 N–H and O–H groups in total. The molecule has 6 heteroatoms. The lowest BCUT2D eigenvalue weighted by molar-refractivity contribution is -0.138. The number of aliphatic hydroxyl groups excluding tert-OH is 1. The van der Waals surface area contributed by atoms with Crippen LogP contribution in [-0.2, 0) is 11.3 Å². The van der Waals surface area contributed by atoms with Gasteiger partial charge < -0.3 is 15.7 Å². The van der Waals surface area contributed by atoms with Gasteiger partial charge in [0, 0.05) is 20.1 Å². The van der Waals surface area contributed by atoms with Crippen LogP contribution in [0, 0.1) is 11.6 Å². The van der Waals surface area contributed by atoms with E-state index in [4.69, 9.17) is 5.73 Å². The summed E-state index contributed by atoms with van der Waals surface area (Å²) in [5, 5.41) is 9.22. The van der Waals surface area contributed by atoms with Gasteiger partial charge in [0.15, 0.2) is 11.6 Å². The molecular formula is C11H14F2N2O2. The zero-order valence-electron chi connectivity index (χ0n) is 9.36. The first-order chi connectivity index (χ1) is 7.95. The monoisotopic (exact) mass is 244 g/mol. The maximum Gasteiger partial charge on any atom is 0.252 e. The number of rotatable bonds is 4. The SMILES string of the molecule is CN(Cc1ccc(F)c(F)c1)C(=O)C(O)CN. The van der Waals surface area contributed by atoms with Gasteiger partial charge in [-0.1, -0.05) is 6.07 Å². The molecule has 17 heavy (non-hydrogen) atoms. The maximum absolute atomic E-state index is 12.9. The Bertz CT molecular complexity index is 412. The minimum Gasteiger partial charge on any atom is -0.382 e. The van der Waals surface area contributed by atoms with Gasteiger partial charge in [-0.15, -0.1) is 0 Å². The standard InChI is InChI=1S/C11H14F2N2O2/c1-15(11(17)10(16)5-14)6-7-2-3-8(12)9(13)4-7/h2-4,10,16H,5-6,14H2,1H3. The molecule has 0 aromatic heterocycles. The fraction of sp³-hybridized carbons (Fsp3) is 0.364. The lowest BCUT2D eigenvalue weighted by Crippen LogP contribution is -2.40. The highest BCUT2D eigenvalue weighted by atomic mass is 19.2. The van der Waals surface area contributed by atoms with Crippen molar-refractivity contribution in [2.45, 2.75) is 12.6 Å². The van der Waals surface area contributed by atoms with Crippen molar-refractivity contribution in [2.75, 3.05) is 13.6 Å². The number of carbonyl (C=O) groups excluding carboxylic acids is 1. The van der Waals surface area contributed by atoms with Crippen LogP contribution < -0.4 is 5.73 Å². The van der Waals surface area contributed by atoms with Crippen molar-refractivity contribution in [3.05, 3.63) is 35.4 Å². The Balaban J connectivity index is 2.71. The molecule has 1 unspecified atom stereocenters. The number of likely N-dealkylation sites (N-methyl/N-ethyl adjacent to an activating group) is 1. The highest BCUT2D eigenvalue weighted by Gasteiger charge is 2.18. The third kappa shape index (κ3) is 3.47. The van der Waals surface area contributed by atoms with Gasteiger partial charge in [-0.25, -0.2) is 8.78 Å². The van der Waals surface area contributed by atoms with E-state index in [9.17, 15) is 18.7 Å². The lowest BCUT2D eigenvalue weighted by atomic mass is 10.2. The molecule has 0 spiro atoms. The molecule has 0 saturated heterocycles. The molecule has 0 radical (unpaired) electrons. The molecule has 4 nitrogen and oxygen atoms in total. The van der Waals surface area contributed by atoms with Gasteiger partial charge in [0.05, 0.1) is 0 Å². The first-order valence-electron chi connectivity index (χ1n) is 5.02. The van der Waals surface area contributed by atoms with Crippen LogP contribution in [0.3, 0.4) is 0 Å². The van der Waals surface area contributed by atoms with Crippen LogP contribution in [0.15, 0.2) is 18.2 Å². The fourth-order valence-corrected chi connectivity index (χ4v) is 1.34. The number of benzene rings is 1. The maximum atomic E-state index is 12.9. The van der Waals surface area contributed by atoms with Crippen molar-refractivity contribution in [3.63, 3.8) is 0 Å². The first kappa shape index (κ1) is 13.5. The summed E-state index contributed by atoms with van der Waals surface area (Å²) in [6.07, 6.45) is -1.27. The Hall–Kier alpha value is -1.53. The molecule has 1 aromatic carbocycles. The van der Waals surface area contributed by atoms with Crippen LogP contribution in [0.4, 0.5) is 8.78 Å². The van der Waals surface area contributed by atoms with Gasteiger partial charge in [-0.05, 0) is 17.7 Å². The van der Waals surface area contributed by atoms with Crippen LogP contribution >= 0.6 is 0 Å². The highest BCUT2D eigenvalue weighted by Crippen LogP contribution is 2.10. The second-order valence-electron chi connectivity index (χ2n) is 3.69. The van der Waals surface area contributed by atoms with Gasteiger partial charge in [0.1, 0.15) is 6.10 Å². The second kappa shape index (κ2) is 5.70. The summed E-state index contributed by atoms with van der Waals surface area (Å²) in [6.45, 7) is -0.103. The highest BCUT2D eigenvalue weighted by molar-refractivity contribution is 5.80. The molecule has 0 saturated carbocycles. The van der Waals surface area contributed by atoms with Crippen molar-refractivity contribution in [1.29, 1.82) is 0 Å². The molecule has 0 aliphatic heterocycles. The molecule has 0 aliphatic carbocycles. The molecule has 0 fully saturated rings. The number of halogens is 2. The Kier molecular flexibility index (Phi) is 4.53. The van der Waals surface area contributed by atoms with Crippen LogP contribution in [0.5, 0.6) is 0 Å². The minimum absolute atomic E-state index is 0.0765. The van der Waals surface area contributed by atoms with E-state index < -0.39 is 23.6 Å². The van der Waals surface area contributed by atoms with Crippen LogP contribution in [0.1, 0.15) is 5.56 Å². The Morgan fingerprint density at radius 2 is 2.12 bits per heavy atom. The molecule has 0 heterocycles. The lowest BCUT2D eigenvalue weighted by Gasteiger charge is -2.19. The quantitative estimate of drug-likeness (QED) is 0.797. The predicted octanol–water partition coefficient (Wildman–Crippen LogP) is 0.243. The van der Waals surface area contributed by atoms with Crippen molar-refractivity contribution in [3.8, 4) is 0 Å². The van der Waals surface area contributed by atoms with E-state index in [0.29, 0.717) is 5.56 Å². The normalized spacial score (nSPS) is 12.3. The molecule has 0 aliphatic rings. The smallest absolute Gasteiger partial charge is 0.252 e. The van der Waals surface area contributed by atoms with Crippen LogP contribution in [-0.4, -0.2) is 35.6 Å². The minimum atomic E-state index is -1.27. The third-order valence-corrected chi connectivity index (χ3v) is 2.29. The third-order valence-electron chi connectivity index (χ3n) is 2.29. The summed E-state index contributed by atoms with van der Waals surface area (Å²) in [5.41, 5.74) is 5.58. The van der Waals surface area contributed by atoms with E-state index in [-0.39, 0.29) is 13.1 Å². The van der Waals surface area contributed by atoms with E-state index >= 15 is 0 Å². The molecule has 1 rings (SSSR count). The van der Waals surface area contributed by atoms with Crippen molar-refractivity contribution >= 4 is 5.91 Å². The summed E-state index contributed by atoms with van der Waals surface area (Å²) in [4.78, 5) is 12.7. The fourth-order valence-electron chi connectivity index (χ4n) is 1.34. The summed E-state index contributed by atoms with van der Waals surface area (Å²) < 4.78 is 25.6. The van der Waals surface area contributed by atoms with Gasteiger partial charge in [0.2, 0.25) is 0 Å². The van der Waals surface area contributed by atoms with Crippen molar-refractivity contribution < 1.29 is 18.7 Å². The number of nitrogens with zero attached hydrogens (tertiary/aromatic N) is 1. The van der Waals surface area contributed by atoms with Gasteiger partial charge in [0.25, 0.3) is 5.91 Å². The summed E-state index contributed by atoms with van der Waals surface area (Å²) >= 11 is 0. The topological polar surface area (TPSA) is 66.6 Å². The Morgan fingerprint density at radius 3 is 2.65 bits per heavy atom. The zero-order valence-corrected chi connectivity index (χ0v) is 9.36. The molecule has 0 bridgehead atoms. The Labute approximate surface area is 97.6 Å². The van der Waals surface area contributed by atoms with Crippen molar-refractivity contribution in [1.82, 2.24) is 4.90 Å². The zero-order chi connectivity index (χ0) is 13.0. The largest absolute Gasteiger partial charge is 0.382 e. The summed E-state index contributed by atoms with van der Waals surface area (Å²) in [5.74, 6) is -2.47. The number of hydrogen-bond acceptors (Lipinski definition) is 3. The molecule has 1 amide bonds. The van der Waals surface area contributed by atoms with E-state index in [1.807, 2.05) is 0 Å². The first-order valence-corrected chi connectivity index (χ1v) is 5.02. The van der Waals surface area contributed by atoms with E-state index in [1.54, 1.807) is 0 Å². The molecule has 1 atom stereocenters. The van der Waals surface area contributed by atoms with E-state index in [2.05, 4.69) is 0 Å². The van der Waals surface area contributed by atoms with Crippen LogP contribution in [0.25, 0.3) is 0 Å². The number of aliphatic hydroxyl groups is 1. The van der Waals surface area contributed by atoms with Crippen molar-refractivity contribution in [2.24, 2.45) is 5.73 Å². The molecular weight excluding hydrogens is 230 g/mol. The number of nitrogens with two attached hydrogens (primary N) is 1. The summed E-state index contributed by atoms with van der Waals surface area (Å²) in [6, 6.07) is 3.37. The van der Waals surface area contributed by atoms with E-state index in [0.717, 1.165) is 12.1 Å². The average molecular weight is 244 g/mol. The second-order valence-corrected chi connectivity index (χ2v) is 3.69. The molecule has 94 valence electrons. The van der Waals surface area contributed by atoms with Gasteiger partial charge in [-0.2, -0.15) is 0 Å². The molecule has 1 aromatic rings. The Morgan fingerprint density at radius 1 is 1.47 bits per heavy atom.